The Morgan fingerprint density at radius 3 is 2.61 bits per heavy atom. The smallest absolute Gasteiger partial charge is 0.00134 e. The zero-order valence-corrected chi connectivity index (χ0v) is 11.1. The second kappa shape index (κ2) is 3.26. The minimum Gasteiger partial charge on any atom is -0.0619 e. The molecule has 2 aliphatic carbocycles. The van der Waals surface area contributed by atoms with Gasteiger partial charge in [-0.05, 0) is 58.1 Å². The van der Waals surface area contributed by atoms with E-state index >= 15 is 0 Å². The molecule has 0 aliphatic heterocycles. The first kappa shape index (κ1) is 10.4. The van der Waals surface area contributed by atoms with Gasteiger partial charge in [-0.25, -0.2) is 0 Å². The molecule has 0 saturated carbocycles. The van der Waals surface area contributed by atoms with Crippen LogP contribution in [-0.2, 0) is 18.3 Å². The maximum atomic E-state index is 2.48. The van der Waals surface area contributed by atoms with Crippen molar-refractivity contribution in [1.29, 1.82) is 0 Å². The molecule has 0 N–H and O–H groups in total. The van der Waals surface area contributed by atoms with Crippen molar-refractivity contribution in [3.8, 4) is 11.1 Å². The number of rotatable bonds is 0. The Morgan fingerprint density at radius 1 is 0.889 bits per heavy atom. The molecule has 2 aliphatic rings. The van der Waals surface area contributed by atoms with E-state index in [-0.39, 0.29) is 0 Å². The quantitative estimate of drug-likeness (QED) is 0.538. The van der Waals surface area contributed by atoms with Gasteiger partial charge in [0.2, 0.25) is 0 Å². The molecule has 0 nitrogen and oxygen atoms in total. The van der Waals surface area contributed by atoms with Gasteiger partial charge < -0.3 is 0 Å². The molecule has 0 radical (unpaired) electrons. The summed E-state index contributed by atoms with van der Waals surface area (Å²) in [6.07, 6.45) is 3.68. The Morgan fingerprint density at radius 2 is 1.72 bits per heavy atom. The fourth-order valence-corrected chi connectivity index (χ4v) is 3.65. The molecule has 0 aromatic heterocycles. The molecule has 2 aromatic carbocycles. The van der Waals surface area contributed by atoms with Crippen LogP contribution in [0.25, 0.3) is 11.1 Å². The number of hydrogen-bond donors (Lipinski definition) is 0. The second-order valence-electron chi connectivity index (χ2n) is 6.38. The first-order valence-electron chi connectivity index (χ1n) is 6.90. The molecule has 18 heavy (non-hydrogen) atoms. The third-order valence-electron chi connectivity index (χ3n) is 4.77. The zero-order chi connectivity index (χ0) is 12.3. The Labute approximate surface area is 109 Å². The second-order valence-corrected chi connectivity index (χ2v) is 6.38. The number of benzene rings is 2. The van der Waals surface area contributed by atoms with E-state index in [2.05, 4.69) is 50.2 Å². The van der Waals surface area contributed by atoms with Crippen molar-refractivity contribution < 1.29 is 0 Å². The van der Waals surface area contributed by atoms with Crippen LogP contribution in [0.2, 0.25) is 0 Å². The van der Waals surface area contributed by atoms with E-state index < -0.39 is 0 Å². The fourth-order valence-electron chi connectivity index (χ4n) is 3.65. The summed E-state index contributed by atoms with van der Waals surface area (Å²) in [6, 6.07) is 13.8. The van der Waals surface area contributed by atoms with E-state index in [4.69, 9.17) is 0 Å². The van der Waals surface area contributed by atoms with Gasteiger partial charge in [-0.15, -0.1) is 0 Å². The van der Waals surface area contributed by atoms with Crippen molar-refractivity contribution in [1.82, 2.24) is 0 Å². The normalized spacial score (nSPS) is 18.3. The topological polar surface area (TPSA) is 0 Å². The third kappa shape index (κ3) is 1.26. The van der Waals surface area contributed by atoms with Crippen LogP contribution in [0, 0.1) is 0 Å². The van der Waals surface area contributed by atoms with E-state index in [1.54, 1.807) is 11.1 Å². The molecule has 0 heterocycles. The van der Waals surface area contributed by atoms with Gasteiger partial charge in [0.25, 0.3) is 0 Å². The molecule has 0 spiro atoms. The van der Waals surface area contributed by atoms with Crippen molar-refractivity contribution in [3.63, 3.8) is 0 Å². The molecule has 0 unspecified atom stereocenters. The van der Waals surface area contributed by atoms with Crippen molar-refractivity contribution >= 4 is 0 Å². The Balaban J connectivity index is 1.97. The summed E-state index contributed by atoms with van der Waals surface area (Å²) in [5.74, 6) is 0. The van der Waals surface area contributed by atoms with E-state index in [0.717, 1.165) is 6.42 Å². The largest absolute Gasteiger partial charge is 0.0619 e. The summed E-state index contributed by atoms with van der Waals surface area (Å²) >= 11 is 0. The molecule has 4 rings (SSSR count). The first-order valence-corrected chi connectivity index (χ1v) is 6.90. The lowest BCUT2D eigenvalue weighted by Crippen LogP contribution is -2.11. The van der Waals surface area contributed by atoms with Crippen molar-refractivity contribution in [2.24, 2.45) is 0 Å². The van der Waals surface area contributed by atoms with Gasteiger partial charge in [-0.2, -0.15) is 0 Å². The summed E-state index contributed by atoms with van der Waals surface area (Å²) in [5, 5.41) is 0. The van der Waals surface area contributed by atoms with Crippen LogP contribution in [0.3, 0.4) is 0 Å². The highest BCUT2D eigenvalue weighted by Gasteiger charge is 2.32. The summed E-state index contributed by atoms with van der Waals surface area (Å²) in [4.78, 5) is 0. The van der Waals surface area contributed by atoms with Crippen LogP contribution in [0.5, 0.6) is 0 Å². The zero-order valence-electron chi connectivity index (χ0n) is 11.1. The van der Waals surface area contributed by atoms with Gasteiger partial charge >= 0.3 is 0 Å². The monoisotopic (exact) mass is 234 g/mol. The van der Waals surface area contributed by atoms with Crippen LogP contribution in [0.1, 0.15) is 42.5 Å². The standard InChI is InChI=1S/C18H18/c1-18(2)8-7-13-10-14-9-12-5-3-4-6-15(12)16(14)11-17(13)18/h3-6,10-11H,7-9H2,1-2H3. The molecule has 0 amide bonds. The fraction of sp³-hybridized carbons (Fsp3) is 0.333. The predicted molar refractivity (Wildman–Crippen MR) is 76.0 cm³/mol. The SMILES string of the molecule is CC1(C)CCc2cc3c(cc21)-c1ccccc1C3. The molecule has 90 valence electrons. The summed E-state index contributed by atoms with van der Waals surface area (Å²) in [5.41, 5.74) is 9.51. The van der Waals surface area contributed by atoms with E-state index in [1.807, 2.05) is 0 Å². The van der Waals surface area contributed by atoms with Crippen LogP contribution in [0.15, 0.2) is 36.4 Å². The van der Waals surface area contributed by atoms with E-state index in [1.165, 1.54) is 35.1 Å². The van der Waals surface area contributed by atoms with Crippen LogP contribution >= 0.6 is 0 Å². The molecule has 0 heteroatoms. The average Bonchev–Trinajstić information content (AvgIpc) is 2.86. The number of hydrogen-bond acceptors (Lipinski definition) is 0. The minimum absolute atomic E-state index is 0.363. The highest BCUT2D eigenvalue weighted by atomic mass is 14.4. The summed E-state index contributed by atoms with van der Waals surface area (Å²) in [6.45, 7) is 4.76. The Hall–Kier alpha value is -1.56. The maximum absolute atomic E-state index is 2.48. The highest BCUT2D eigenvalue weighted by Crippen LogP contribution is 2.45. The molecule has 2 aromatic rings. The molecule has 0 fully saturated rings. The lowest BCUT2D eigenvalue weighted by atomic mass is 9.85. The number of aryl methyl sites for hydroxylation is 1. The molecule has 0 atom stereocenters. The van der Waals surface area contributed by atoms with Crippen LogP contribution in [0.4, 0.5) is 0 Å². The lowest BCUT2D eigenvalue weighted by Gasteiger charge is -2.19. The molecule has 0 saturated heterocycles. The lowest BCUT2D eigenvalue weighted by molar-refractivity contribution is 0.522. The van der Waals surface area contributed by atoms with Gasteiger partial charge in [-0.3, -0.25) is 0 Å². The molecular weight excluding hydrogens is 216 g/mol. The molecular formula is C18H18. The van der Waals surface area contributed by atoms with Gasteiger partial charge in [0.1, 0.15) is 0 Å². The van der Waals surface area contributed by atoms with Crippen LogP contribution < -0.4 is 0 Å². The van der Waals surface area contributed by atoms with Crippen molar-refractivity contribution in [2.75, 3.05) is 0 Å². The van der Waals surface area contributed by atoms with Gasteiger partial charge in [-0.1, -0.05) is 50.2 Å². The molecule has 0 bridgehead atoms. The van der Waals surface area contributed by atoms with Crippen LogP contribution in [-0.4, -0.2) is 0 Å². The van der Waals surface area contributed by atoms with E-state index in [9.17, 15) is 0 Å². The average molecular weight is 234 g/mol. The Kier molecular flexibility index (Phi) is 1.88. The Bertz CT molecular complexity index is 647. The number of fused-ring (bicyclic) bond motifs is 4. The van der Waals surface area contributed by atoms with Crippen molar-refractivity contribution in [2.45, 2.75) is 38.5 Å². The summed E-state index contributed by atoms with van der Waals surface area (Å²) < 4.78 is 0. The first-order chi connectivity index (χ1) is 8.65. The highest BCUT2D eigenvalue weighted by molar-refractivity contribution is 5.78. The van der Waals surface area contributed by atoms with Gasteiger partial charge in [0.15, 0.2) is 0 Å². The predicted octanol–water partition coefficient (Wildman–Crippen LogP) is 4.48. The minimum atomic E-state index is 0.363. The third-order valence-corrected chi connectivity index (χ3v) is 4.77. The maximum Gasteiger partial charge on any atom is -0.00134 e. The summed E-state index contributed by atoms with van der Waals surface area (Å²) in [7, 11) is 0. The van der Waals surface area contributed by atoms with Crippen molar-refractivity contribution in [3.05, 3.63) is 58.7 Å². The van der Waals surface area contributed by atoms with E-state index in [0.29, 0.717) is 5.41 Å². The van der Waals surface area contributed by atoms with Gasteiger partial charge in [0, 0.05) is 0 Å². The van der Waals surface area contributed by atoms with Gasteiger partial charge in [0.05, 0.1) is 0 Å².